The standard InChI is InChI=1S/C19H16N4O4/c1-27-15-7-4-6-13(9-15)16-11-18(21-12-20-16)22-19(24)10-14-5-2-3-8-17(14)23(25)26/h2-9,11-12H,10H2,1H3,(H,20,21,22,24). The molecule has 0 radical (unpaired) electrons. The van der Waals surface area contributed by atoms with Crippen LogP contribution in [0.4, 0.5) is 11.5 Å². The average Bonchev–Trinajstić information content (AvgIpc) is 2.68. The Morgan fingerprint density at radius 1 is 1.15 bits per heavy atom. The highest BCUT2D eigenvalue weighted by Gasteiger charge is 2.16. The normalized spacial score (nSPS) is 10.3. The van der Waals surface area contributed by atoms with E-state index in [9.17, 15) is 14.9 Å². The van der Waals surface area contributed by atoms with Crippen molar-refractivity contribution in [2.75, 3.05) is 12.4 Å². The third-order valence-electron chi connectivity index (χ3n) is 3.84. The molecule has 0 saturated heterocycles. The van der Waals surface area contributed by atoms with Gasteiger partial charge in [-0.15, -0.1) is 0 Å². The van der Waals surface area contributed by atoms with Crippen LogP contribution in [-0.2, 0) is 11.2 Å². The lowest BCUT2D eigenvalue weighted by atomic mass is 10.1. The molecule has 8 heteroatoms. The van der Waals surface area contributed by atoms with E-state index in [1.54, 1.807) is 31.4 Å². The second-order valence-electron chi connectivity index (χ2n) is 5.63. The van der Waals surface area contributed by atoms with Gasteiger partial charge in [-0.05, 0) is 12.1 Å². The molecule has 0 spiro atoms. The molecule has 1 N–H and O–H groups in total. The molecular formula is C19H16N4O4. The summed E-state index contributed by atoms with van der Waals surface area (Å²) in [5, 5.41) is 13.7. The van der Waals surface area contributed by atoms with Gasteiger partial charge in [0.05, 0.1) is 24.1 Å². The molecule has 3 aromatic rings. The minimum Gasteiger partial charge on any atom is -0.497 e. The van der Waals surface area contributed by atoms with Gasteiger partial charge in [-0.3, -0.25) is 14.9 Å². The molecule has 1 aromatic heterocycles. The summed E-state index contributed by atoms with van der Waals surface area (Å²) in [5.74, 6) is 0.596. The topological polar surface area (TPSA) is 107 Å². The molecule has 0 aliphatic carbocycles. The number of hydrogen-bond donors (Lipinski definition) is 1. The van der Waals surface area contributed by atoms with Crippen molar-refractivity contribution in [3.63, 3.8) is 0 Å². The molecule has 8 nitrogen and oxygen atoms in total. The van der Waals surface area contributed by atoms with Crippen LogP contribution in [0.2, 0.25) is 0 Å². The molecule has 0 fully saturated rings. The molecule has 0 atom stereocenters. The Bertz CT molecular complexity index is 991. The van der Waals surface area contributed by atoms with E-state index < -0.39 is 10.8 Å². The van der Waals surface area contributed by atoms with Crippen molar-refractivity contribution in [3.8, 4) is 17.0 Å². The molecular weight excluding hydrogens is 348 g/mol. The van der Waals surface area contributed by atoms with Crippen LogP contribution in [0.1, 0.15) is 5.56 Å². The van der Waals surface area contributed by atoms with Crippen LogP contribution in [-0.4, -0.2) is 27.9 Å². The van der Waals surface area contributed by atoms with E-state index in [0.717, 1.165) is 5.56 Å². The fourth-order valence-electron chi connectivity index (χ4n) is 2.56. The molecule has 0 aliphatic rings. The first-order chi connectivity index (χ1) is 13.1. The number of carbonyl (C=O) groups is 1. The van der Waals surface area contributed by atoms with Crippen molar-refractivity contribution < 1.29 is 14.5 Å². The largest absolute Gasteiger partial charge is 0.497 e. The minimum absolute atomic E-state index is 0.0904. The van der Waals surface area contributed by atoms with Gasteiger partial charge in [-0.2, -0.15) is 0 Å². The zero-order valence-corrected chi connectivity index (χ0v) is 14.5. The summed E-state index contributed by atoms with van der Waals surface area (Å²) in [4.78, 5) is 31.1. The number of aromatic nitrogens is 2. The average molecular weight is 364 g/mol. The third-order valence-corrected chi connectivity index (χ3v) is 3.84. The molecule has 136 valence electrons. The van der Waals surface area contributed by atoms with Crippen LogP contribution < -0.4 is 10.1 Å². The van der Waals surface area contributed by atoms with Gasteiger partial charge in [0.1, 0.15) is 17.9 Å². The number of anilines is 1. The van der Waals surface area contributed by atoms with Crippen LogP contribution in [0.3, 0.4) is 0 Å². The zero-order chi connectivity index (χ0) is 19.2. The van der Waals surface area contributed by atoms with E-state index >= 15 is 0 Å². The van der Waals surface area contributed by atoms with E-state index in [-0.39, 0.29) is 12.1 Å². The number of carbonyl (C=O) groups excluding carboxylic acids is 1. The number of methoxy groups -OCH3 is 1. The van der Waals surface area contributed by atoms with Crippen LogP contribution in [0.15, 0.2) is 60.9 Å². The van der Waals surface area contributed by atoms with Gasteiger partial charge in [0.2, 0.25) is 5.91 Å². The first-order valence-corrected chi connectivity index (χ1v) is 8.05. The van der Waals surface area contributed by atoms with E-state index in [1.807, 2.05) is 24.3 Å². The number of amides is 1. The van der Waals surface area contributed by atoms with Gasteiger partial charge in [0, 0.05) is 23.3 Å². The van der Waals surface area contributed by atoms with Crippen LogP contribution >= 0.6 is 0 Å². The lowest BCUT2D eigenvalue weighted by Crippen LogP contribution is -2.16. The van der Waals surface area contributed by atoms with Crippen LogP contribution in [0.5, 0.6) is 5.75 Å². The summed E-state index contributed by atoms with van der Waals surface area (Å²) in [6, 6.07) is 15.1. The Kier molecular flexibility index (Phi) is 5.36. The Balaban J connectivity index is 1.76. The molecule has 0 unspecified atom stereocenters. The van der Waals surface area contributed by atoms with E-state index in [0.29, 0.717) is 22.8 Å². The monoisotopic (exact) mass is 364 g/mol. The summed E-state index contributed by atoms with van der Waals surface area (Å²) >= 11 is 0. The van der Waals surface area contributed by atoms with Gasteiger partial charge in [-0.1, -0.05) is 30.3 Å². The third kappa shape index (κ3) is 4.43. The van der Waals surface area contributed by atoms with E-state index in [2.05, 4.69) is 15.3 Å². The number of rotatable bonds is 6. The first kappa shape index (κ1) is 18.0. The smallest absolute Gasteiger partial charge is 0.273 e. The van der Waals surface area contributed by atoms with E-state index in [1.165, 1.54) is 12.4 Å². The maximum absolute atomic E-state index is 12.3. The van der Waals surface area contributed by atoms with Crippen LogP contribution in [0, 0.1) is 10.1 Å². The molecule has 27 heavy (non-hydrogen) atoms. The first-order valence-electron chi connectivity index (χ1n) is 8.05. The summed E-state index contributed by atoms with van der Waals surface area (Å²) in [6.07, 6.45) is 1.21. The Morgan fingerprint density at radius 2 is 1.96 bits per heavy atom. The predicted octanol–water partition coefficient (Wildman–Crippen LogP) is 3.24. The fourth-order valence-corrected chi connectivity index (χ4v) is 2.56. The molecule has 1 heterocycles. The lowest BCUT2D eigenvalue weighted by molar-refractivity contribution is -0.385. The second kappa shape index (κ2) is 8.05. The maximum Gasteiger partial charge on any atom is 0.273 e. The molecule has 0 bridgehead atoms. The quantitative estimate of drug-likeness (QED) is 0.531. The zero-order valence-electron chi connectivity index (χ0n) is 14.5. The molecule has 0 saturated carbocycles. The molecule has 0 aliphatic heterocycles. The Labute approximate surface area is 155 Å². The number of benzene rings is 2. The van der Waals surface area contributed by atoms with Gasteiger partial charge >= 0.3 is 0 Å². The summed E-state index contributed by atoms with van der Waals surface area (Å²) in [6.45, 7) is 0. The molecule has 2 aromatic carbocycles. The highest BCUT2D eigenvalue weighted by molar-refractivity contribution is 5.92. The lowest BCUT2D eigenvalue weighted by Gasteiger charge is -2.07. The number of hydrogen-bond acceptors (Lipinski definition) is 6. The van der Waals surface area contributed by atoms with Crippen molar-refractivity contribution in [1.82, 2.24) is 9.97 Å². The Morgan fingerprint density at radius 3 is 2.74 bits per heavy atom. The van der Waals surface area contributed by atoms with Crippen molar-refractivity contribution in [3.05, 3.63) is 76.6 Å². The number of ether oxygens (including phenoxy) is 1. The molecule has 1 amide bonds. The van der Waals surface area contributed by atoms with Crippen molar-refractivity contribution >= 4 is 17.4 Å². The minimum atomic E-state index is -0.506. The Hall–Kier alpha value is -3.81. The number of nitrogens with zero attached hydrogens (tertiary/aromatic N) is 3. The summed E-state index contributed by atoms with van der Waals surface area (Å²) < 4.78 is 5.20. The highest BCUT2D eigenvalue weighted by Crippen LogP contribution is 2.23. The number of para-hydroxylation sites is 1. The number of nitrogens with one attached hydrogen (secondary N) is 1. The van der Waals surface area contributed by atoms with Gasteiger partial charge in [0.15, 0.2) is 0 Å². The summed E-state index contributed by atoms with van der Waals surface area (Å²) in [7, 11) is 1.58. The number of nitro groups is 1. The van der Waals surface area contributed by atoms with Crippen molar-refractivity contribution in [2.24, 2.45) is 0 Å². The maximum atomic E-state index is 12.3. The van der Waals surface area contributed by atoms with Crippen molar-refractivity contribution in [1.29, 1.82) is 0 Å². The number of nitro benzene ring substituents is 1. The fraction of sp³-hybridized carbons (Fsp3) is 0.105. The van der Waals surface area contributed by atoms with Gasteiger partial charge < -0.3 is 10.1 Å². The van der Waals surface area contributed by atoms with Crippen molar-refractivity contribution in [2.45, 2.75) is 6.42 Å². The summed E-state index contributed by atoms with van der Waals surface area (Å²) in [5.41, 5.74) is 1.67. The van der Waals surface area contributed by atoms with Gasteiger partial charge in [0.25, 0.3) is 5.69 Å². The second-order valence-corrected chi connectivity index (χ2v) is 5.63. The van der Waals surface area contributed by atoms with Gasteiger partial charge in [-0.25, -0.2) is 9.97 Å². The predicted molar refractivity (Wildman–Crippen MR) is 99.5 cm³/mol. The highest BCUT2D eigenvalue weighted by atomic mass is 16.6. The SMILES string of the molecule is COc1cccc(-c2cc(NC(=O)Cc3ccccc3[N+](=O)[O-])ncn2)c1. The van der Waals surface area contributed by atoms with Crippen LogP contribution in [0.25, 0.3) is 11.3 Å². The molecule has 3 rings (SSSR count). The van der Waals surface area contributed by atoms with E-state index in [4.69, 9.17) is 4.74 Å².